The Bertz CT molecular complexity index is 69.9. The number of nitrogens with zero attached hydrogens (tertiary/aromatic N) is 1. The summed E-state index contributed by atoms with van der Waals surface area (Å²) in [4.78, 5) is 3.82. The Morgan fingerprint density at radius 1 is 1.67 bits per heavy atom. The van der Waals surface area contributed by atoms with Crippen molar-refractivity contribution in [2.75, 3.05) is 0 Å². The second-order valence-corrected chi connectivity index (χ2v) is 1.20. The van der Waals surface area contributed by atoms with Crippen molar-refractivity contribution in [1.82, 2.24) is 4.99 Å². The van der Waals surface area contributed by atoms with Crippen molar-refractivity contribution < 1.29 is 0 Å². The van der Waals surface area contributed by atoms with Crippen LogP contribution in [-0.4, -0.2) is 6.21 Å². The fourth-order valence-electron chi connectivity index (χ4n) is 0.392. The van der Waals surface area contributed by atoms with E-state index in [1.54, 1.807) is 6.20 Å². The molecule has 1 rings (SSSR count). The predicted octanol–water partition coefficient (Wildman–Crippen LogP) is 0.504. The fraction of sp³-hybridized carbons (Fsp3) is 0.400. The molecule has 0 aromatic heterocycles. The van der Waals surface area contributed by atoms with Crippen molar-refractivity contribution in [1.29, 1.82) is 0 Å². The highest BCUT2D eigenvalue weighted by molar-refractivity contribution is 5.57. The predicted molar refractivity (Wildman–Crippen MR) is 25.2 cm³/mol. The van der Waals surface area contributed by atoms with Crippen molar-refractivity contribution in [2.45, 2.75) is 12.8 Å². The van der Waals surface area contributed by atoms with Crippen molar-refractivity contribution in [2.24, 2.45) is 0 Å². The van der Waals surface area contributed by atoms with Crippen molar-refractivity contribution in [3.05, 3.63) is 12.3 Å². The molecule has 0 fully saturated rings. The van der Waals surface area contributed by atoms with Crippen LogP contribution < -0.4 is 4.99 Å². The minimum absolute atomic E-state index is 1.05. The Labute approximate surface area is 37.4 Å². The average Bonchev–Trinajstić information content (AvgIpc) is 1.72. The van der Waals surface area contributed by atoms with Crippen LogP contribution in [0.1, 0.15) is 12.8 Å². The average molecular weight is 80.1 g/mol. The van der Waals surface area contributed by atoms with Crippen LogP contribution in [0.3, 0.4) is 0 Å². The van der Waals surface area contributed by atoms with Crippen LogP contribution in [0.4, 0.5) is 0 Å². The summed E-state index contributed by atoms with van der Waals surface area (Å²) in [6, 6.07) is 0. The van der Waals surface area contributed by atoms with Gasteiger partial charge in [-0.15, -0.1) is 0 Å². The molecule has 1 nitrogen and oxygen atoms in total. The summed E-state index contributed by atoms with van der Waals surface area (Å²) in [5.41, 5.74) is 0. The molecule has 0 N–H and O–H groups in total. The van der Waals surface area contributed by atoms with Gasteiger partial charge in [-0.05, 0) is 6.42 Å². The molecule has 1 heterocycles. The first-order valence-electron chi connectivity index (χ1n) is 2.07. The largest absolute Gasteiger partial charge is 0.245 e. The molecule has 2 radical (unpaired) electrons. The van der Waals surface area contributed by atoms with Crippen molar-refractivity contribution in [3.8, 4) is 0 Å². The molecule has 0 unspecified atom stereocenters. The normalized spacial score (nSPS) is 18.7. The van der Waals surface area contributed by atoms with E-state index < -0.39 is 0 Å². The van der Waals surface area contributed by atoms with E-state index in [1.165, 1.54) is 0 Å². The molecule has 6 heavy (non-hydrogen) atoms. The Morgan fingerprint density at radius 3 is 2.83 bits per heavy atom. The van der Waals surface area contributed by atoms with Crippen LogP contribution >= 0.6 is 0 Å². The maximum Gasteiger partial charge on any atom is 0.245 e. The van der Waals surface area contributed by atoms with Crippen LogP contribution in [0.25, 0.3) is 0 Å². The van der Waals surface area contributed by atoms with Gasteiger partial charge in [0.25, 0.3) is 0 Å². The van der Waals surface area contributed by atoms with Crippen LogP contribution in [-0.2, 0) is 0 Å². The number of hydrogen-bond donors (Lipinski definition) is 0. The summed E-state index contributed by atoms with van der Waals surface area (Å²) < 4.78 is 0. The molecule has 30 valence electrons. The van der Waals surface area contributed by atoms with Gasteiger partial charge in [-0.3, -0.25) is 0 Å². The Balaban J connectivity index is 2.46. The monoisotopic (exact) mass is 80.0 g/mol. The summed E-state index contributed by atoms with van der Waals surface area (Å²) in [5, 5.41) is 0. The van der Waals surface area contributed by atoms with E-state index in [0.717, 1.165) is 12.8 Å². The number of aliphatic imine (C=N–C) groups is 1. The lowest BCUT2D eigenvalue weighted by Crippen LogP contribution is -1.87. The molecule has 1 heteroatoms. The van der Waals surface area contributed by atoms with Gasteiger partial charge in [-0.25, -0.2) is 0 Å². The van der Waals surface area contributed by atoms with E-state index in [4.69, 9.17) is 0 Å². The topological polar surface area (TPSA) is 14.1 Å². The van der Waals surface area contributed by atoms with Gasteiger partial charge in [0.2, 0.25) is 12.4 Å². The van der Waals surface area contributed by atoms with Gasteiger partial charge in [0.15, 0.2) is 0 Å². The fourth-order valence-corrected chi connectivity index (χ4v) is 0.392. The summed E-state index contributed by atoms with van der Waals surface area (Å²) >= 11 is 0. The molecule has 0 amide bonds. The van der Waals surface area contributed by atoms with Crippen LogP contribution in [0.5, 0.6) is 0 Å². The molecule has 0 saturated heterocycles. The lowest BCUT2D eigenvalue weighted by molar-refractivity contribution is 1.03. The number of hydrogen-bond acceptors (Lipinski definition) is 1. The van der Waals surface area contributed by atoms with Crippen LogP contribution in [0.2, 0.25) is 0 Å². The number of allylic oxidation sites excluding steroid dienone is 1. The maximum atomic E-state index is 3.82. The van der Waals surface area contributed by atoms with E-state index >= 15 is 0 Å². The second kappa shape index (κ2) is 1.75. The van der Waals surface area contributed by atoms with Gasteiger partial charge >= 0.3 is 0 Å². The van der Waals surface area contributed by atoms with Gasteiger partial charge < -0.3 is 0 Å². The van der Waals surface area contributed by atoms with Gasteiger partial charge in [0.05, 0.1) is 0 Å². The summed E-state index contributed by atoms with van der Waals surface area (Å²) in [6.45, 7) is 0. The summed E-state index contributed by atoms with van der Waals surface area (Å²) in [5.74, 6) is 0. The van der Waals surface area contributed by atoms with E-state index in [1.807, 2.05) is 6.21 Å². The van der Waals surface area contributed by atoms with Crippen LogP contribution in [0, 0.1) is 6.08 Å². The molecule has 0 bridgehead atoms. The molecule has 0 atom stereocenters. The van der Waals surface area contributed by atoms with E-state index in [0.29, 0.717) is 0 Å². The lowest BCUT2D eigenvalue weighted by atomic mass is 10.3. The van der Waals surface area contributed by atoms with E-state index in [-0.39, 0.29) is 0 Å². The highest BCUT2D eigenvalue weighted by atomic mass is 14.7. The molecule has 0 saturated carbocycles. The molecule has 1 aliphatic heterocycles. The smallest absolute Gasteiger partial charge is 0.0117 e. The minimum Gasteiger partial charge on any atom is -0.0117 e. The first kappa shape index (κ1) is 3.59. The zero-order valence-electron chi connectivity index (χ0n) is 3.52. The number of rotatable bonds is 0. The third kappa shape index (κ3) is 0.677. The second-order valence-electron chi connectivity index (χ2n) is 1.20. The van der Waals surface area contributed by atoms with Crippen LogP contribution in [0.15, 0.2) is 6.20 Å². The SMILES string of the molecule is [C]1=C[N+]=CCC1. The Kier molecular flexibility index (Phi) is 1.05. The highest BCUT2D eigenvalue weighted by Gasteiger charge is 1.91. The van der Waals surface area contributed by atoms with Gasteiger partial charge in [-0.2, -0.15) is 0 Å². The quantitative estimate of drug-likeness (QED) is 0.402. The molecular formula is C5H6N+. The Hall–Kier alpha value is -0.590. The zero-order chi connectivity index (χ0) is 4.24. The lowest BCUT2D eigenvalue weighted by Gasteiger charge is -1.75. The van der Waals surface area contributed by atoms with E-state index in [9.17, 15) is 0 Å². The third-order valence-corrected chi connectivity index (χ3v) is 0.689. The summed E-state index contributed by atoms with van der Waals surface area (Å²) in [6.07, 6.45) is 8.68. The first-order valence-corrected chi connectivity index (χ1v) is 2.07. The van der Waals surface area contributed by atoms with Crippen molar-refractivity contribution >= 4 is 6.21 Å². The molecule has 0 aromatic rings. The third-order valence-electron chi connectivity index (χ3n) is 0.689. The molecule has 0 aromatic carbocycles. The zero-order valence-corrected chi connectivity index (χ0v) is 3.52. The maximum absolute atomic E-state index is 3.82. The van der Waals surface area contributed by atoms with Gasteiger partial charge in [-0.1, -0.05) is 0 Å². The Morgan fingerprint density at radius 2 is 2.67 bits per heavy atom. The van der Waals surface area contributed by atoms with Gasteiger partial charge in [0.1, 0.15) is 0 Å². The minimum atomic E-state index is 1.05. The molecule has 0 aliphatic carbocycles. The molecular weight excluding hydrogens is 74.1 g/mol. The van der Waals surface area contributed by atoms with Crippen molar-refractivity contribution in [3.63, 3.8) is 0 Å². The summed E-state index contributed by atoms with van der Waals surface area (Å²) in [7, 11) is 0. The standard InChI is InChI=1S/C5H6N/c1-2-4-6-5-3-1/h4-5H,1-2H2/q+1. The molecule has 1 aliphatic rings. The van der Waals surface area contributed by atoms with Gasteiger partial charge in [0, 0.05) is 17.5 Å². The van der Waals surface area contributed by atoms with E-state index in [2.05, 4.69) is 11.1 Å². The first-order chi connectivity index (χ1) is 3.00. The molecule has 0 spiro atoms. The highest BCUT2D eigenvalue weighted by Crippen LogP contribution is 1.86.